The van der Waals surface area contributed by atoms with Crippen LogP contribution in [-0.2, 0) is 0 Å². The maximum Gasteiger partial charge on any atom is 0.136 e. The van der Waals surface area contributed by atoms with Crippen molar-refractivity contribution < 1.29 is 0 Å². The lowest BCUT2D eigenvalue weighted by molar-refractivity contribution is 0.198. The highest BCUT2D eigenvalue weighted by atomic mass is 15.1. The van der Waals surface area contributed by atoms with Crippen molar-refractivity contribution in [3.63, 3.8) is 0 Å². The van der Waals surface area contributed by atoms with E-state index < -0.39 is 0 Å². The van der Waals surface area contributed by atoms with Crippen molar-refractivity contribution in [2.24, 2.45) is 5.92 Å². The van der Waals surface area contributed by atoms with Gasteiger partial charge >= 0.3 is 0 Å². The molecule has 2 aliphatic rings. The van der Waals surface area contributed by atoms with Gasteiger partial charge in [-0.3, -0.25) is 0 Å². The van der Waals surface area contributed by atoms with Crippen molar-refractivity contribution in [3.8, 4) is 0 Å². The number of likely N-dealkylation sites (tertiary alicyclic amines) is 1. The van der Waals surface area contributed by atoms with Crippen molar-refractivity contribution in [3.05, 3.63) is 11.9 Å². The summed E-state index contributed by atoms with van der Waals surface area (Å²) in [6.45, 7) is 6.94. The highest BCUT2D eigenvalue weighted by Gasteiger charge is 2.27. The Morgan fingerprint density at radius 2 is 1.86 bits per heavy atom. The molecule has 1 saturated heterocycles. The standard InChI is InChI=1S/C16H27N5/c1-3-21-8-6-12(7-9-21)11-18-15-10-14(17-2)19-16(20-15)13-4-5-13/h10,12-13H,3-9,11H2,1-2H3,(H2,17,18,19,20). The van der Waals surface area contributed by atoms with E-state index in [2.05, 4.69) is 32.4 Å². The Labute approximate surface area is 127 Å². The molecule has 0 amide bonds. The molecular weight excluding hydrogens is 262 g/mol. The molecule has 0 aromatic carbocycles. The quantitative estimate of drug-likeness (QED) is 0.843. The van der Waals surface area contributed by atoms with Crippen LogP contribution in [0.25, 0.3) is 0 Å². The van der Waals surface area contributed by atoms with Gasteiger partial charge in [-0.1, -0.05) is 6.92 Å². The van der Waals surface area contributed by atoms with E-state index in [1.165, 1.54) is 45.3 Å². The van der Waals surface area contributed by atoms with Gasteiger partial charge in [-0.25, -0.2) is 9.97 Å². The Hall–Kier alpha value is -1.36. The minimum absolute atomic E-state index is 0.589. The Morgan fingerprint density at radius 1 is 1.14 bits per heavy atom. The van der Waals surface area contributed by atoms with E-state index in [9.17, 15) is 0 Å². The van der Waals surface area contributed by atoms with Gasteiger partial charge in [0.25, 0.3) is 0 Å². The maximum absolute atomic E-state index is 4.69. The van der Waals surface area contributed by atoms with E-state index in [4.69, 9.17) is 0 Å². The minimum Gasteiger partial charge on any atom is -0.373 e. The van der Waals surface area contributed by atoms with Gasteiger partial charge in [0, 0.05) is 25.6 Å². The van der Waals surface area contributed by atoms with E-state index in [0.717, 1.165) is 29.9 Å². The number of rotatable bonds is 6. The van der Waals surface area contributed by atoms with E-state index >= 15 is 0 Å². The highest BCUT2D eigenvalue weighted by molar-refractivity contribution is 5.47. The molecule has 2 N–H and O–H groups in total. The summed E-state index contributed by atoms with van der Waals surface area (Å²) in [6.07, 6.45) is 5.06. The molecule has 0 radical (unpaired) electrons. The lowest BCUT2D eigenvalue weighted by atomic mass is 9.97. The van der Waals surface area contributed by atoms with Gasteiger partial charge in [0.15, 0.2) is 0 Å². The van der Waals surface area contributed by atoms with Gasteiger partial charge in [0.2, 0.25) is 0 Å². The average molecular weight is 289 g/mol. The van der Waals surface area contributed by atoms with Crippen molar-refractivity contribution in [1.82, 2.24) is 14.9 Å². The van der Waals surface area contributed by atoms with E-state index in [1.54, 1.807) is 0 Å². The van der Waals surface area contributed by atoms with Crippen LogP contribution in [0.1, 0.15) is 44.3 Å². The average Bonchev–Trinajstić information content (AvgIpc) is 3.38. The summed E-state index contributed by atoms with van der Waals surface area (Å²) in [5, 5.41) is 6.68. The first-order valence-electron chi connectivity index (χ1n) is 8.31. The fourth-order valence-electron chi connectivity index (χ4n) is 2.96. The predicted molar refractivity (Wildman–Crippen MR) is 86.9 cm³/mol. The fourth-order valence-corrected chi connectivity index (χ4v) is 2.96. The van der Waals surface area contributed by atoms with E-state index in [-0.39, 0.29) is 0 Å². The normalized spacial score (nSPS) is 20.5. The number of aromatic nitrogens is 2. The molecule has 21 heavy (non-hydrogen) atoms. The van der Waals surface area contributed by atoms with Crippen LogP contribution in [0.5, 0.6) is 0 Å². The Balaban J connectivity index is 1.56. The monoisotopic (exact) mass is 289 g/mol. The zero-order valence-corrected chi connectivity index (χ0v) is 13.2. The molecule has 1 aromatic rings. The highest BCUT2D eigenvalue weighted by Crippen LogP contribution is 2.38. The van der Waals surface area contributed by atoms with Crippen molar-refractivity contribution in [2.45, 2.75) is 38.5 Å². The Kier molecular flexibility index (Phi) is 4.58. The van der Waals surface area contributed by atoms with Crippen LogP contribution in [0.3, 0.4) is 0 Å². The van der Waals surface area contributed by atoms with Crippen LogP contribution in [0.4, 0.5) is 11.6 Å². The van der Waals surface area contributed by atoms with Crippen molar-refractivity contribution >= 4 is 11.6 Å². The number of piperidine rings is 1. The van der Waals surface area contributed by atoms with Gasteiger partial charge in [-0.2, -0.15) is 0 Å². The molecule has 2 fully saturated rings. The smallest absolute Gasteiger partial charge is 0.136 e. The topological polar surface area (TPSA) is 53.1 Å². The summed E-state index contributed by atoms with van der Waals surface area (Å²) in [6, 6.07) is 2.02. The second-order valence-electron chi connectivity index (χ2n) is 6.28. The summed E-state index contributed by atoms with van der Waals surface area (Å²) in [4.78, 5) is 11.8. The number of nitrogens with one attached hydrogen (secondary N) is 2. The van der Waals surface area contributed by atoms with Crippen molar-refractivity contribution in [2.75, 3.05) is 43.9 Å². The van der Waals surface area contributed by atoms with Crippen LogP contribution in [0.2, 0.25) is 0 Å². The molecule has 1 saturated carbocycles. The molecule has 0 atom stereocenters. The molecule has 116 valence electrons. The van der Waals surface area contributed by atoms with Crippen molar-refractivity contribution in [1.29, 1.82) is 0 Å². The first-order valence-corrected chi connectivity index (χ1v) is 8.31. The zero-order valence-electron chi connectivity index (χ0n) is 13.2. The molecule has 5 nitrogen and oxygen atoms in total. The summed E-state index contributed by atoms with van der Waals surface area (Å²) >= 11 is 0. The third kappa shape index (κ3) is 3.84. The summed E-state index contributed by atoms with van der Waals surface area (Å²) in [5.74, 6) is 4.27. The second-order valence-corrected chi connectivity index (χ2v) is 6.28. The maximum atomic E-state index is 4.69. The SMILES string of the molecule is CCN1CCC(CNc2cc(NC)nc(C3CC3)n2)CC1. The largest absolute Gasteiger partial charge is 0.373 e. The second kappa shape index (κ2) is 6.60. The molecule has 1 aromatic heterocycles. The molecule has 5 heteroatoms. The summed E-state index contributed by atoms with van der Waals surface area (Å²) in [5.41, 5.74) is 0. The van der Waals surface area contributed by atoms with Gasteiger partial charge in [0.1, 0.15) is 17.5 Å². The first kappa shape index (κ1) is 14.6. The Morgan fingerprint density at radius 3 is 2.48 bits per heavy atom. The molecule has 2 heterocycles. The van der Waals surface area contributed by atoms with Crippen LogP contribution in [0, 0.1) is 5.92 Å². The number of nitrogens with zero attached hydrogens (tertiary/aromatic N) is 3. The molecule has 3 rings (SSSR count). The third-order valence-electron chi connectivity index (χ3n) is 4.67. The van der Waals surface area contributed by atoms with E-state index in [1.807, 2.05) is 13.1 Å². The van der Waals surface area contributed by atoms with Gasteiger partial charge < -0.3 is 15.5 Å². The molecule has 0 spiro atoms. The van der Waals surface area contributed by atoms with Gasteiger partial charge in [-0.15, -0.1) is 0 Å². The number of anilines is 2. The Bertz CT molecular complexity index is 464. The van der Waals surface area contributed by atoms with E-state index in [0.29, 0.717) is 5.92 Å². The molecule has 0 bridgehead atoms. The lowest BCUT2D eigenvalue weighted by Crippen LogP contribution is -2.35. The molecule has 0 unspecified atom stereocenters. The fraction of sp³-hybridized carbons (Fsp3) is 0.750. The zero-order chi connectivity index (χ0) is 14.7. The van der Waals surface area contributed by atoms with Crippen LogP contribution >= 0.6 is 0 Å². The van der Waals surface area contributed by atoms with Crippen LogP contribution < -0.4 is 10.6 Å². The van der Waals surface area contributed by atoms with Gasteiger partial charge in [0.05, 0.1) is 0 Å². The number of hydrogen-bond donors (Lipinski definition) is 2. The lowest BCUT2D eigenvalue weighted by Gasteiger charge is -2.31. The molecule has 1 aliphatic heterocycles. The predicted octanol–water partition coefficient (Wildman–Crippen LogP) is 2.54. The first-order chi connectivity index (χ1) is 10.3. The third-order valence-corrected chi connectivity index (χ3v) is 4.67. The number of hydrogen-bond acceptors (Lipinski definition) is 5. The van der Waals surface area contributed by atoms with Gasteiger partial charge in [-0.05, 0) is 51.2 Å². The minimum atomic E-state index is 0.589. The van der Waals surface area contributed by atoms with Crippen LogP contribution in [-0.4, -0.2) is 48.1 Å². The summed E-state index contributed by atoms with van der Waals surface area (Å²) < 4.78 is 0. The molecule has 1 aliphatic carbocycles. The molecular formula is C16H27N5. The van der Waals surface area contributed by atoms with Crippen LogP contribution in [0.15, 0.2) is 6.07 Å². The summed E-state index contributed by atoms with van der Waals surface area (Å²) in [7, 11) is 1.92.